The van der Waals surface area contributed by atoms with Crippen LogP contribution in [0.4, 0.5) is 17.1 Å². The van der Waals surface area contributed by atoms with E-state index in [9.17, 15) is 0 Å². The Balaban J connectivity index is 1.23. The number of hydrogen-bond acceptors (Lipinski definition) is 3. The van der Waals surface area contributed by atoms with E-state index in [4.69, 9.17) is 9.40 Å². The highest BCUT2D eigenvalue weighted by atomic mass is 16.3. The summed E-state index contributed by atoms with van der Waals surface area (Å²) in [5, 5.41) is 9.21. The summed E-state index contributed by atoms with van der Waals surface area (Å²) in [6.45, 7) is 0. The topological polar surface area (TPSA) is 34.2 Å². The first-order chi connectivity index (χ1) is 26.3. The summed E-state index contributed by atoms with van der Waals surface area (Å²) < 4.78 is 9.01. The molecule has 2 aromatic heterocycles. The van der Waals surface area contributed by atoms with E-state index in [0.717, 1.165) is 66.5 Å². The Morgan fingerprint density at radius 1 is 0.453 bits per heavy atom. The number of para-hydroxylation sites is 2. The minimum Gasteiger partial charge on any atom is -0.435 e. The Bertz CT molecular complexity index is 3170. The van der Waals surface area contributed by atoms with Gasteiger partial charge in [0.2, 0.25) is 5.89 Å². The molecule has 9 aromatic carbocycles. The lowest BCUT2D eigenvalue weighted by atomic mass is 9.99. The van der Waals surface area contributed by atoms with Crippen LogP contribution in [0.5, 0.6) is 0 Å². The molecule has 0 unspecified atom stereocenters. The Labute approximate surface area is 305 Å². The van der Waals surface area contributed by atoms with E-state index in [2.05, 4.69) is 167 Å². The first-order valence-electron chi connectivity index (χ1n) is 18.0. The molecule has 0 fully saturated rings. The van der Waals surface area contributed by atoms with E-state index in [-0.39, 0.29) is 0 Å². The summed E-state index contributed by atoms with van der Waals surface area (Å²) in [4.78, 5) is 7.38. The fourth-order valence-electron chi connectivity index (χ4n) is 8.21. The monoisotopic (exact) mass is 677 g/mol. The van der Waals surface area contributed by atoms with Crippen molar-refractivity contribution in [2.45, 2.75) is 0 Å². The van der Waals surface area contributed by atoms with Gasteiger partial charge in [-0.05, 0) is 88.3 Å². The van der Waals surface area contributed by atoms with Gasteiger partial charge >= 0.3 is 0 Å². The van der Waals surface area contributed by atoms with Gasteiger partial charge in [0.15, 0.2) is 5.58 Å². The van der Waals surface area contributed by atoms with Crippen LogP contribution in [0.15, 0.2) is 192 Å². The molecule has 0 aliphatic carbocycles. The molecule has 0 spiro atoms. The predicted molar refractivity (Wildman–Crippen MR) is 221 cm³/mol. The van der Waals surface area contributed by atoms with Crippen LogP contribution in [0.25, 0.3) is 82.4 Å². The highest BCUT2D eigenvalue weighted by Crippen LogP contribution is 2.47. The Hall–Kier alpha value is -7.17. The summed E-state index contributed by atoms with van der Waals surface area (Å²) in [6, 6.07) is 66.9. The van der Waals surface area contributed by atoms with Crippen LogP contribution in [-0.4, -0.2) is 9.55 Å². The molecule has 248 valence electrons. The molecule has 0 atom stereocenters. The lowest BCUT2D eigenvalue weighted by molar-refractivity contribution is 0.623. The third kappa shape index (κ3) is 4.59. The van der Waals surface area contributed by atoms with Crippen LogP contribution < -0.4 is 4.90 Å². The summed E-state index contributed by atoms with van der Waals surface area (Å²) in [5.41, 5.74) is 9.35. The fraction of sp³-hybridized carbons (Fsp3) is 0. The van der Waals surface area contributed by atoms with Gasteiger partial charge in [-0.15, -0.1) is 0 Å². The number of anilines is 3. The zero-order valence-electron chi connectivity index (χ0n) is 28.6. The number of fused-ring (bicyclic) bond motifs is 9. The van der Waals surface area contributed by atoms with Crippen molar-refractivity contribution in [3.63, 3.8) is 0 Å². The minimum atomic E-state index is 0.625. The van der Waals surface area contributed by atoms with E-state index < -0.39 is 0 Å². The van der Waals surface area contributed by atoms with Gasteiger partial charge in [0, 0.05) is 38.5 Å². The van der Waals surface area contributed by atoms with Crippen LogP contribution in [0.2, 0.25) is 0 Å². The number of nitrogens with zero attached hydrogens (tertiary/aromatic N) is 3. The van der Waals surface area contributed by atoms with E-state index >= 15 is 0 Å². The maximum atomic E-state index is 6.63. The van der Waals surface area contributed by atoms with Gasteiger partial charge in [-0.1, -0.05) is 121 Å². The van der Waals surface area contributed by atoms with Crippen molar-refractivity contribution in [1.29, 1.82) is 0 Å². The molecule has 0 amide bonds. The maximum Gasteiger partial charge on any atom is 0.227 e. The van der Waals surface area contributed by atoms with Crippen LogP contribution >= 0.6 is 0 Å². The average molecular weight is 678 g/mol. The van der Waals surface area contributed by atoms with Crippen LogP contribution in [0.1, 0.15) is 0 Å². The second kappa shape index (κ2) is 11.7. The fourth-order valence-corrected chi connectivity index (χ4v) is 8.21. The molecule has 0 radical (unpaired) electrons. The quantitative estimate of drug-likeness (QED) is 0.170. The normalized spacial score (nSPS) is 11.8. The van der Waals surface area contributed by atoms with E-state index in [1.54, 1.807) is 0 Å². The lowest BCUT2D eigenvalue weighted by Crippen LogP contribution is -2.11. The summed E-state index contributed by atoms with van der Waals surface area (Å²) in [6.07, 6.45) is 0. The summed E-state index contributed by atoms with van der Waals surface area (Å²) >= 11 is 0. The summed E-state index contributed by atoms with van der Waals surface area (Å²) in [5.74, 6) is 0.625. The van der Waals surface area contributed by atoms with E-state index in [1.807, 2.05) is 30.3 Å². The number of benzene rings is 9. The molecule has 11 rings (SSSR count). The SMILES string of the molecule is c1ccc(-c2nc3ccc4ccc5ccc(N(c6cccc7ccccc67)c6cccc7c6c6ccccc6n7-c6ccccc6)cc5c4c3o2)cc1. The molecule has 0 bridgehead atoms. The van der Waals surface area contributed by atoms with Crippen molar-refractivity contribution in [1.82, 2.24) is 9.55 Å². The van der Waals surface area contributed by atoms with Gasteiger partial charge in [-0.2, -0.15) is 0 Å². The Morgan fingerprint density at radius 3 is 1.98 bits per heavy atom. The molecule has 2 heterocycles. The highest BCUT2D eigenvalue weighted by Gasteiger charge is 2.23. The molecule has 53 heavy (non-hydrogen) atoms. The molecular formula is C49H31N3O. The van der Waals surface area contributed by atoms with Crippen molar-refractivity contribution in [3.05, 3.63) is 188 Å². The largest absolute Gasteiger partial charge is 0.435 e. The van der Waals surface area contributed by atoms with Gasteiger partial charge < -0.3 is 13.9 Å². The molecule has 0 aliphatic heterocycles. The van der Waals surface area contributed by atoms with Crippen LogP contribution in [0, 0.1) is 0 Å². The smallest absolute Gasteiger partial charge is 0.227 e. The number of aromatic nitrogens is 2. The lowest BCUT2D eigenvalue weighted by Gasteiger charge is -2.28. The van der Waals surface area contributed by atoms with Crippen molar-refractivity contribution in [2.24, 2.45) is 0 Å². The zero-order valence-corrected chi connectivity index (χ0v) is 28.6. The van der Waals surface area contributed by atoms with Crippen LogP contribution in [0.3, 0.4) is 0 Å². The second-order valence-electron chi connectivity index (χ2n) is 13.6. The zero-order chi connectivity index (χ0) is 34.9. The van der Waals surface area contributed by atoms with Gasteiger partial charge in [-0.3, -0.25) is 0 Å². The minimum absolute atomic E-state index is 0.625. The molecule has 4 heteroatoms. The molecule has 11 aromatic rings. The third-order valence-corrected chi connectivity index (χ3v) is 10.6. The van der Waals surface area contributed by atoms with Gasteiger partial charge in [0.05, 0.1) is 22.4 Å². The average Bonchev–Trinajstić information content (AvgIpc) is 3.82. The highest BCUT2D eigenvalue weighted by molar-refractivity contribution is 6.20. The molecular weight excluding hydrogens is 647 g/mol. The van der Waals surface area contributed by atoms with Gasteiger partial charge in [0.1, 0.15) is 5.52 Å². The van der Waals surface area contributed by atoms with Crippen molar-refractivity contribution in [2.75, 3.05) is 4.90 Å². The van der Waals surface area contributed by atoms with Crippen LogP contribution in [-0.2, 0) is 0 Å². The standard InChI is InChI=1S/C49H31N3O/c1-3-14-35(15-4-1)49-50-41-30-28-34-26-25-33-27-29-37(31-40(33)46(34)48(41)53-49)52(42-22-11-16-32-13-7-8-19-38(32)42)45-24-12-23-44-47(45)39-20-9-10-21-43(39)51(44)36-17-5-2-6-18-36/h1-31H. The third-order valence-electron chi connectivity index (χ3n) is 10.6. The van der Waals surface area contributed by atoms with Crippen molar-refractivity contribution < 1.29 is 4.42 Å². The first-order valence-corrected chi connectivity index (χ1v) is 18.0. The Kier molecular flexibility index (Phi) is 6.52. The van der Waals surface area contributed by atoms with E-state index in [0.29, 0.717) is 5.89 Å². The second-order valence-corrected chi connectivity index (χ2v) is 13.6. The van der Waals surface area contributed by atoms with Crippen molar-refractivity contribution >= 4 is 82.3 Å². The summed E-state index contributed by atoms with van der Waals surface area (Å²) in [7, 11) is 0. The molecule has 0 N–H and O–H groups in total. The molecule has 4 nitrogen and oxygen atoms in total. The van der Waals surface area contributed by atoms with Gasteiger partial charge in [-0.25, -0.2) is 4.98 Å². The van der Waals surface area contributed by atoms with E-state index in [1.165, 1.54) is 27.1 Å². The number of hydrogen-bond donors (Lipinski definition) is 0. The maximum absolute atomic E-state index is 6.63. The molecule has 0 aliphatic rings. The first kappa shape index (κ1) is 29.5. The van der Waals surface area contributed by atoms with Crippen molar-refractivity contribution in [3.8, 4) is 17.1 Å². The molecule has 0 saturated carbocycles. The number of oxazole rings is 1. The molecule has 0 saturated heterocycles. The Morgan fingerprint density at radius 2 is 1.09 bits per heavy atom. The predicted octanol–water partition coefficient (Wildman–Crippen LogP) is 13.5. The number of rotatable bonds is 5. The van der Waals surface area contributed by atoms with Gasteiger partial charge in [0.25, 0.3) is 0 Å².